The van der Waals surface area contributed by atoms with Gasteiger partial charge in [0.25, 0.3) is 0 Å². The summed E-state index contributed by atoms with van der Waals surface area (Å²) < 4.78 is 13.4. The van der Waals surface area contributed by atoms with E-state index in [1.54, 1.807) is 0 Å². The van der Waals surface area contributed by atoms with Crippen LogP contribution in [0.15, 0.2) is 191 Å². The van der Waals surface area contributed by atoms with Gasteiger partial charge in [0.1, 0.15) is 22.5 Å². The molecule has 0 amide bonds. The zero-order valence-electron chi connectivity index (χ0n) is 28.1. The molecular formula is C50H30O2. The van der Waals surface area contributed by atoms with Crippen LogP contribution in [0.25, 0.3) is 110 Å². The van der Waals surface area contributed by atoms with Crippen molar-refractivity contribution in [3.63, 3.8) is 0 Å². The molecule has 2 nitrogen and oxygen atoms in total. The van der Waals surface area contributed by atoms with Gasteiger partial charge in [-0.3, -0.25) is 0 Å². The number of fused-ring (bicyclic) bond motifs is 8. The highest BCUT2D eigenvalue weighted by Gasteiger charge is 2.23. The number of furan rings is 2. The SMILES string of the molecule is c1ccc(-c2oc3ccc4c5cc(-c6c7ccccc7c(-c7ccc8ccccc8c7)c7ccccc67)ccc5oc4c3c2-c2ccccc2)cc1. The Hall–Kier alpha value is -6.90. The minimum atomic E-state index is 0.811. The third-order valence-electron chi connectivity index (χ3n) is 10.6. The molecule has 2 aromatic heterocycles. The van der Waals surface area contributed by atoms with Crippen LogP contribution in [-0.2, 0) is 0 Å². The first kappa shape index (κ1) is 28.9. The fourth-order valence-electron chi connectivity index (χ4n) is 8.34. The molecule has 11 aromatic rings. The Morgan fingerprint density at radius 3 is 1.50 bits per heavy atom. The van der Waals surface area contributed by atoms with Gasteiger partial charge in [0.15, 0.2) is 0 Å². The van der Waals surface area contributed by atoms with Crippen molar-refractivity contribution in [3.8, 4) is 44.7 Å². The average Bonchev–Trinajstić information content (AvgIpc) is 3.79. The Morgan fingerprint density at radius 1 is 0.288 bits per heavy atom. The molecule has 242 valence electrons. The van der Waals surface area contributed by atoms with E-state index in [1.807, 2.05) is 12.1 Å². The summed E-state index contributed by atoms with van der Waals surface area (Å²) in [6.07, 6.45) is 0. The van der Waals surface area contributed by atoms with Gasteiger partial charge in [-0.2, -0.15) is 0 Å². The molecule has 0 atom stereocenters. The van der Waals surface area contributed by atoms with Gasteiger partial charge >= 0.3 is 0 Å². The van der Waals surface area contributed by atoms with Gasteiger partial charge in [-0.1, -0.05) is 152 Å². The van der Waals surface area contributed by atoms with E-state index >= 15 is 0 Å². The molecule has 0 aliphatic heterocycles. The molecule has 0 N–H and O–H groups in total. The summed E-state index contributed by atoms with van der Waals surface area (Å²) in [7, 11) is 0. The monoisotopic (exact) mass is 662 g/mol. The second kappa shape index (κ2) is 11.3. The molecule has 2 heterocycles. The molecule has 0 bridgehead atoms. The highest BCUT2D eigenvalue weighted by molar-refractivity contribution is 6.24. The molecule has 0 saturated heterocycles. The van der Waals surface area contributed by atoms with Crippen molar-refractivity contribution < 1.29 is 8.83 Å². The Balaban J connectivity index is 1.17. The quantitative estimate of drug-likeness (QED) is 0.175. The van der Waals surface area contributed by atoms with Crippen molar-refractivity contribution in [1.29, 1.82) is 0 Å². The standard InChI is InChI=1S/C50H30O2/c1-3-14-32(15-4-1)47-48-44(52-49(47)33-16-5-2-6-17-33)28-26-41-42-30-36(25-27-43(42)51-50(41)48)46-39-21-11-9-19-37(39)45(38-20-10-12-22-40(38)46)35-24-23-31-13-7-8-18-34(31)29-35/h1-30H. The lowest BCUT2D eigenvalue weighted by Crippen LogP contribution is -1.91. The van der Waals surface area contributed by atoms with Gasteiger partial charge in [-0.05, 0) is 90.5 Å². The van der Waals surface area contributed by atoms with E-state index < -0.39 is 0 Å². The summed E-state index contributed by atoms with van der Waals surface area (Å²) in [5, 5.41) is 10.6. The van der Waals surface area contributed by atoms with Gasteiger partial charge in [0.2, 0.25) is 0 Å². The molecule has 11 rings (SSSR count). The number of hydrogen-bond donors (Lipinski definition) is 0. The van der Waals surface area contributed by atoms with E-state index in [-0.39, 0.29) is 0 Å². The molecule has 0 aliphatic carbocycles. The Kier molecular flexibility index (Phi) is 6.28. The smallest absolute Gasteiger partial charge is 0.147 e. The summed E-state index contributed by atoms with van der Waals surface area (Å²) >= 11 is 0. The van der Waals surface area contributed by atoms with Crippen molar-refractivity contribution in [2.24, 2.45) is 0 Å². The van der Waals surface area contributed by atoms with E-state index in [1.165, 1.54) is 49.0 Å². The van der Waals surface area contributed by atoms with Crippen LogP contribution in [0, 0.1) is 0 Å². The van der Waals surface area contributed by atoms with Crippen molar-refractivity contribution in [2.45, 2.75) is 0 Å². The summed E-state index contributed by atoms with van der Waals surface area (Å²) in [4.78, 5) is 0. The lowest BCUT2D eigenvalue weighted by molar-refractivity contribution is 0.631. The van der Waals surface area contributed by atoms with Crippen LogP contribution in [0.3, 0.4) is 0 Å². The van der Waals surface area contributed by atoms with Gasteiger partial charge in [-0.15, -0.1) is 0 Å². The van der Waals surface area contributed by atoms with E-state index in [9.17, 15) is 0 Å². The second-order valence-corrected chi connectivity index (χ2v) is 13.6. The topological polar surface area (TPSA) is 26.3 Å². The number of hydrogen-bond acceptors (Lipinski definition) is 2. The fraction of sp³-hybridized carbons (Fsp3) is 0. The molecule has 52 heavy (non-hydrogen) atoms. The Labute approximate surface area is 299 Å². The average molecular weight is 663 g/mol. The third kappa shape index (κ3) is 4.31. The van der Waals surface area contributed by atoms with Crippen molar-refractivity contribution in [2.75, 3.05) is 0 Å². The maximum absolute atomic E-state index is 6.80. The van der Waals surface area contributed by atoms with Gasteiger partial charge in [0.05, 0.1) is 5.39 Å². The van der Waals surface area contributed by atoms with Gasteiger partial charge in [-0.25, -0.2) is 0 Å². The summed E-state index contributed by atoms with van der Waals surface area (Å²) in [6, 6.07) is 64.9. The minimum absolute atomic E-state index is 0.811. The first-order valence-electron chi connectivity index (χ1n) is 17.8. The van der Waals surface area contributed by atoms with Crippen LogP contribution >= 0.6 is 0 Å². The third-order valence-corrected chi connectivity index (χ3v) is 10.6. The first-order valence-corrected chi connectivity index (χ1v) is 17.8. The molecule has 0 fully saturated rings. The summed E-state index contributed by atoms with van der Waals surface area (Å²) in [5.74, 6) is 0.847. The highest BCUT2D eigenvalue weighted by Crippen LogP contribution is 2.48. The Morgan fingerprint density at radius 2 is 0.827 bits per heavy atom. The van der Waals surface area contributed by atoms with Gasteiger partial charge < -0.3 is 8.83 Å². The number of rotatable bonds is 4. The lowest BCUT2D eigenvalue weighted by Gasteiger charge is -2.18. The van der Waals surface area contributed by atoms with E-state index in [4.69, 9.17) is 8.83 Å². The number of benzene rings is 9. The molecule has 2 heteroatoms. The maximum atomic E-state index is 6.80. The lowest BCUT2D eigenvalue weighted by atomic mass is 9.85. The van der Waals surface area contributed by atoms with E-state index in [2.05, 4.69) is 170 Å². The predicted molar refractivity (Wildman–Crippen MR) is 218 cm³/mol. The van der Waals surface area contributed by atoms with Crippen molar-refractivity contribution in [1.82, 2.24) is 0 Å². The van der Waals surface area contributed by atoms with Crippen LogP contribution in [0.1, 0.15) is 0 Å². The predicted octanol–water partition coefficient (Wildman–Crippen LogP) is 14.5. The second-order valence-electron chi connectivity index (χ2n) is 13.6. The zero-order valence-corrected chi connectivity index (χ0v) is 28.1. The summed E-state index contributed by atoms with van der Waals surface area (Å²) in [6.45, 7) is 0. The van der Waals surface area contributed by atoms with Crippen molar-refractivity contribution >= 4 is 65.2 Å². The zero-order chi connectivity index (χ0) is 34.2. The van der Waals surface area contributed by atoms with Gasteiger partial charge in [0, 0.05) is 21.9 Å². The first-order chi connectivity index (χ1) is 25.8. The molecular weight excluding hydrogens is 633 g/mol. The normalized spacial score (nSPS) is 11.8. The summed E-state index contributed by atoms with van der Waals surface area (Å²) in [5.41, 5.74) is 10.6. The van der Waals surface area contributed by atoms with Crippen LogP contribution in [0.2, 0.25) is 0 Å². The molecule has 0 saturated carbocycles. The minimum Gasteiger partial charge on any atom is -0.455 e. The van der Waals surface area contributed by atoms with E-state index in [0.717, 1.165) is 60.9 Å². The highest BCUT2D eigenvalue weighted by atomic mass is 16.3. The molecule has 9 aromatic carbocycles. The fourth-order valence-corrected chi connectivity index (χ4v) is 8.34. The van der Waals surface area contributed by atoms with Crippen LogP contribution in [-0.4, -0.2) is 0 Å². The van der Waals surface area contributed by atoms with Crippen LogP contribution in [0.4, 0.5) is 0 Å². The molecule has 0 spiro atoms. The Bertz CT molecular complexity index is 3110. The maximum Gasteiger partial charge on any atom is 0.147 e. The largest absolute Gasteiger partial charge is 0.455 e. The van der Waals surface area contributed by atoms with Crippen molar-refractivity contribution in [3.05, 3.63) is 182 Å². The van der Waals surface area contributed by atoms with Crippen LogP contribution in [0.5, 0.6) is 0 Å². The van der Waals surface area contributed by atoms with Crippen LogP contribution < -0.4 is 0 Å². The molecule has 0 unspecified atom stereocenters. The van der Waals surface area contributed by atoms with E-state index in [0.29, 0.717) is 0 Å². The molecule has 0 aliphatic rings. The molecule has 0 radical (unpaired) electrons.